The lowest BCUT2D eigenvalue weighted by Crippen LogP contribution is -2.19. The Morgan fingerprint density at radius 2 is 2.06 bits per heavy atom. The third-order valence-electron chi connectivity index (χ3n) is 3.43. The molecular weight excluding hydrogens is 215 g/mol. The fourth-order valence-corrected chi connectivity index (χ4v) is 2.05. The molecule has 1 nitrogen and oxygen atoms in total. The quantitative estimate of drug-likeness (QED) is 0.746. The molecule has 2 rings (SSSR count). The van der Waals surface area contributed by atoms with Gasteiger partial charge >= 0.3 is 6.18 Å². The van der Waals surface area contributed by atoms with Gasteiger partial charge in [0.15, 0.2) is 0 Å². The molecule has 0 spiro atoms. The van der Waals surface area contributed by atoms with E-state index in [4.69, 9.17) is 0 Å². The van der Waals surface area contributed by atoms with E-state index in [2.05, 4.69) is 4.98 Å². The Kier molecular flexibility index (Phi) is 2.91. The van der Waals surface area contributed by atoms with Gasteiger partial charge in [0.25, 0.3) is 0 Å². The molecule has 1 aliphatic carbocycles. The maximum absolute atomic E-state index is 12.5. The summed E-state index contributed by atoms with van der Waals surface area (Å²) < 4.78 is 37.5. The van der Waals surface area contributed by atoms with Gasteiger partial charge in [-0.1, -0.05) is 13.3 Å². The second-order valence-corrected chi connectivity index (χ2v) is 4.45. The molecule has 1 unspecified atom stereocenters. The Bertz CT molecular complexity index is 369. The van der Waals surface area contributed by atoms with Gasteiger partial charge in [0.1, 0.15) is 0 Å². The van der Waals surface area contributed by atoms with Crippen LogP contribution in [0.2, 0.25) is 0 Å². The van der Waals surface area contributed by atoms with Crippen molar-refractivity contribution in [3.8, 4) is 0 Å². The Morgan fingerprint density at radius 3 is 2.56 bits per heavy atom. The monoisotopic (exact) mass is 229 g/mol. The predicted octanol–water partition coefficient (Wildman–Crippen LogP) is 4.00. The first kappa shape index (κ1) is 11.4. The van der Waals surface area contributed by atoms with Crippen LogP contribution in [0.4, 0.5) is 13.2 Å². The Hall–Kier alpha value is -1.06. The average Bonchev–Trinajstić information content (AvgIpc) is 2.14. The van der Waals surface area contributed by atoms with Crippen LogP contribution in [0, 0.1) is 5.92 Å². The molecule has 1 aromatic rings. The number of pyridine rings is 1. The zero-order valence-corrected chi connectivity index (χ0v) is 9.09. The number of hydrogen-bond donors (Lipinski definition) is 0. The van der Waals surface area contributed by atoms with Gasteiger partial charge in [-0.15, -0.1) is 0 Å². The molecule has 1 heterocycles. The van der Waals surface area contributed by atoms with Gasteiger partial charge in [0.05, 0.1) is 5.56 Å². The van der Waals surface area contributed by atoms with Gasteiger partial charge < -0.3 is 0 Å². The molecular formula is C12H14F3N. The number of alkyl halides is 3. The molecule has 1 atom stereocenters. The number of hydrogen-bond acceptors (Lipinski definition) is 1. The minimum Gasteiger partial charge on any atom is -0.261 e. The standard InChI is InChI=1S/C12H14F3N/c1-8(9-3-2-4-9)11-7-10(5-6-16-11)12(13,14)15/h5-9H,2-4H2,1H3. The van der Waals surface area contributed by atoms with Crippen molar-refractivity contribution in [2.75, 3.05) is 0 Å². The molecule has 0 N–H and O–H groups in total. The lowest BCUT2D eigenvalue weighted by Gasteiger charge is -2.31. The Morgan fingerprint density at radius 1 is 1.38 bits per heavy atom. The molecule has 0 amide bonds. The molecule has 0 radical (unpaired) electrons. The lowest BCUT2D eigenvalue weighted by atomic mass is 9.75. The summed E-state index contributed by atoms with van der Waals surface area (Å²) in [4.78, 5) is 4.06. The summed E-state index contributed by atoms with van der Waals surface area (Å²) in [5, 5.41) is 0. The highest BCUT2D eigenvalue weighted by Gasteiger charge is 2.32. The van der Waals surface area contributed by atoms with Gasteiger partial charge in [0.2, 0.25) is 0 Å². The summed E-state index contributed by atoms with van der Waals surface area (Å²) in [6.45, 7) is 1.96. The maximum atomic E-state index is 12.5. The number of aromatic nitrogens is 1. The van der Waals surface area contributed by atoms with Crippen LogP contribution >= 0.6 is 0 Å². The summed E-state index contributed by atoms with van der Waals surface area (Å²) in [5.74, 6) is 0.645. The van der Waals surface area contributed by atoms with E-state index in [0.717, 1.165) is 18.9 Å². The van der Waals surface area contributed by atoms with Crippen LogP contribution in [0.5, 0.6) is 0 Å². The summed E-state index contributed by atoms with van der Waals surface area (Å²) in [7, 11) is 0. The van der Waals surface area contributed by atoms with E-state index < -0.39 is 11.7 Å². The van der Waals surface area contributed by atoms with E-state index in [-0.39, 0.29) is 5.92 Å². The van der Waals surface area contributed by atoms with E-state index >= 15 is 0 Å². The van der Waals surface area contributed by atoms with Crippen molar-refractivity contribution in [3.63, 3.8) is 0 Å². The fourth-order valence-electron chi connectivity index (χ4n) is 2.05. The summed E-state index contributed by atoms with van der Waals surface area (Å²) in [6, 6.07) is 2.21. The largest absolute Gasteiger partial charge is 0.416 e. The highest BCUT2D eigenvalue weighted by atomic mass is 19.4. The third kappa shape index (κ3) is 2.20. The second kappa shape index (κ2) is 4.07. The van der Waals surface area contributed by atoms with Crippen LogP contribution in [0.25, 0.3) is 0 Å². The Labute approximate surface area is 92.7 Å². The van der Waals surface area contributed by atoms with Crippen molar-refractivity contribution in [1.29, 1.82) is 0 Å². The van der Waals surface area contributed by atoms with Gasteiger partial charge in [-0.05, 0) is 30.9 Å². The Balaban J connectivity index is 2.21. The molecule has 88 valence electrons. The molecule has 1 saturated carbocycles. The molecule has 1 aliphatic rings. The molecule has 4 heteroatoms. The van der Waals surface area contributed by atoms with Gasteiger partial charge in [-0.3, -0.25) is 4.98 Å². The van der Waals surface area contributed by atoms with Crippen LogP contribution in [-0.2, 0) is 6.18 Å². The van der Waals surface area contributed by atoms with Crippen LogP contribution in [0.3, 0.4) is 0 Å². The number of rotatable bonds is 2. The molecule has 0 bridgehead atoms. The summed E-state index contributed by atoms with van der Waals surface area (Å²) in [5.41, 5.74) is -0.0248. The van der Waals surface area contributed by atoms with Gasteiger partial charge in [-0.2, -0.15) is 13.2 Å². The van der Waals surface area contributed by atoms with Gasteiger partial charge in [0, 0.05) is 17.8 Å². The van der Waals surface area contributed by atoms with E-state index in [1.165, 1.54) is 18.7 Å². The smallest absolute Gasteiger partial charge is 0.261 e. The third-order valence-corrected chi connectivity index (χ3v) is 3.43. The fraction of sp³-hybridized carbons (Fsp3) is 0.583. The van der Waals surface area contributed by atoms with Crippen molar-refractivity contribution < 1.29 is 13.2 Å². The molecule has 0 saturated heterocycles. The molecule has 1 fully saturated rings. The highest BCUT2D eigenvalue weighted by molar-refractivity contribution is 5.22. The van der Waals surface area contributed by atoms with Crippen molar-refractivity contribution in [1.82, 2.24) is 4.98 Å². The molecule has 0 aliphatic heterocycles. The minimum absolute atomic E-state index is 0.135. The molecule has 1 aromatic heterocycles. The molecule has 16 heavy (non-hydrogen) atoms. The SMILES string of the molecule is CC(c1cc(C(F)(F)F)ccn1)C1CCC1. The predicted molar refractivity (Wildman–Crippen MR) is 55.0 cm³/mol. The lowest BCUT2D eigenvalue weighted by molar-refractivity contribution is -0.137. The first-order chi connectivity index (χ1) is 7.48. The van der Waals surface area contributed by atoms with Crippen molar-refractivity contribution in [2.45, 2.75) is 38.3 Å². The minimum atomic E-state index is -4.27. The van der Waals surface area contributed by atoms with Crippen molar-refractivity contribution >= 4 is 0 Å². The first-order valence-corrected chi connectivity index (χ1v) is 5.51. The van der Waals surface area contributed by atoms with E-state index in [1.807, 2.05) is 6.92 Å². The van der Waals surface area contributed by atoms with Gasteiger partial charge in [-0.25, -0.2) is 0 Å². The van der Waals surface area contributed by atoms with E-state index in [1.54, 1.807) is 0 Å². The zero-order chi connectivity index (χ0) is 11.8. The second-order valence-electron chi connectivity index (χ2n) is 4.45. The van der Waals surface area contributed by atoms with Crippen LogP contribution in [-0.4, -0.2) is 4.98 Å². The maximum Gasteiger partial charge on any atom is 0.416 e. The van der Waals surface area contributed by atoms with E-state index in [9.17, 15) is 13.2 Å². The van der Waals surface area contributed by atoms with Crippen molar-refractivity contribution in [2.24, 2.45) is 5.92 Å². The van der Waals surface area contributed by atoms with Crippen LogP contribution < -0.4 is 0 Å². The highest BCUT2D eigenvalue weighted by Crippen LogP contribution is 2.39. The first-order valence-electron chi connectivity index (χ1n) is 5.51. The summed E-state index contributed by atoms with van der Waals surface area (Å²) >= 11 is 0. The number of nitrogens with zero attached hydrogens (tertiary/aromatic N) is 1. The zero-order valence-electron chi connectivity index (χ0n) is 9.09. The van der Waals surface area contributed by atoms with E-state index in [0.29, 0.717) is 11.6 Å². The molecule has 0 aromatic carbocycles. The number of halogens is 3. The van der Waals surface area contributed by atoms with Crippen molar-refractivity contribution in [3.05, 3.63) is 29.6 Å². The normalized spacial score (nSPS) is 19.2. The topological polar surface area (TPSA) is 12.9 Å². The van der Waals surface area contributed by atoms with Crippen LogP contribution in [0.15, 0.2) is 18.3 Å². The average molecular weight is 229 g/mol. The van der Waals surface area contributed by atoms with Crippen LogP contribution in [0.1, 0.15) is 43.4 Å². The summed E-state index contributed by atoms with van der Waals surface area (Å²) in [6.07, 6.45) is 0.399.